The molecule has 182 valence electrons. The van der Waals surface area contributed by atoms with Crippen molar-refractivity contribution in [2.75, 3.05) is 5.75 Å². The maximum Gasteiger partial charge on any atom is 0.267 e. The molecule has 36 heavy (non-hydrogen) atoms. The first kappa shape index (κ1) is 23.7. The van der Waals surface area contributed by atoms with Gasteiger partial charge in [0.05, 0.1) is 28.4 Å². The standard InChI is InChI=1S/C27H24FN5O2S/c1-16-8-13-22(17(2)14-16)32-25(35)21-6-4-5-7-23(21)33-26(32)30-31-27(33)36-15-24(34)29-18(3)19-9-11-20(28)12-10-19/h4-14,18H,15H2,1-3H3,(H,29,34). The van der Waals surface area contributed by atoms with Crippen LogP contribution in [0.25, 0.3) is 22.4 Å². The monoisotopic (exact) mass is 501 g/mol. The van der Waals surface area contributed by atoms with Crippen molar-refractivity contribution in [3.05, 3.63) is 99.6 Å². The third-order valence-corrected chi connectivity index (χ3v) is 7.00. The summed E-state index contributed by atoms with van der Waals surface area (Å²) in [6.07, 6.45) is 0. The molecular weight excluding hydrogens is 477 g/mol. The summed E-state index contributed by atoms with van der Waals surface area (Å²) in [6, 6.07) is 19.0. The minimum absolute atomic E-state index is 0.101. The van der Waals surface area contributed by atoms with Gasteiger partial charge in [-0.1, -0.05) is 53.7 Å². The van der Waals surface area contributed by atoms with E-state index in [1.807, 2.05) is 61.6 Å². The van der Waals surface area contributed by atoms with Gasteiger partial charge < -0.3 is 5.32 Å². The highest BCUT2D eigenvalue weighted by molar-refractivity contribution is 7.99. The average molecular weight is 502 g/mol. The number of hydrogen-bond acceptors (Lipinski definition) is 5. The normalized spacial score (nSPS) is 12.2. The Morgan fingerprint density at radius 1 is 1.06 bits per heavy atom. The number of halogens is 1. The SMILES string of the molecule is Cc1ccc(-n2c(=O)c3ccccc3n3c(SCC(=O)NC(C)c4ccc(F)cc4)nnc23)c(C)c1. The van der Waals surface area contributed by atoms with E-state index in [1.54, 1.807) is 22.8 Å². The molecule has 7 nitrogen and oxygen atoms in total. The first-order chi connectivity index (χ1) is 17.3. The maximum absolute atomic E-state index is 13.5. The lowest BCUT2D eigenvalue weighted by atomic mass is 10.1. The van der Waals surface area contributed by atoms with Crippen LogP contribution in [0, 0.1) is 19.7 Å². The van der Waals surface area contributed by atoms with Gasteiger partial charge in [0.25, 0.3) is 5.56 Å². The molecule has 1 amide bonds. The highest BCUT2D eigenvalue weighted by Crippen LogP contribution is 2.25. The molecule has 0 fully saturated rings. The van der Waals surface area contributed by atoms with Crippen molar-refractivity contribution in [3.8, 4) is 5.69 Å². The van der Waals surface area contributed by atoms with Gasteiger partial charge >= 0.3 is 0 Å². The largest absolute Gasteiger partial charge is 0.349 e. The zero-order valence-corrected chi connectivity index (χ0v) is 20.8. The maximum atomic E-state index is 13.5. The zero-order chi connectivity index (χ0) is 25.4. The summed E-state index contributed by atoms with van der Waals surface area (Å²) in [7, 11) is 0. The third-order valence-electron chi connectivity index (χ3n) is 6.07. The molecule has 1 unspecified atom stereocenters. The predicted octanol–water partition coefficient (Wildman–Crippen LogP) is 4.76. The summed E-state index contributed by atoms with van der Waals surface area (Å²) >= 11 is 1.24. The summed E-state index contributed by atoms with van der Waals surface area (Å²) in [4.78, 5) is 26.2. The lowest BCUT2D eigenvalue weighted by molar-refractivity contribution is -0.119. The Balaban J connectivity index is 1.50. The number of aromatic nitrogens is 4. The van der Waals surface area contributed by atoms with Crippen LogP contribution in [0.2, 0.25) is 0 Å². The Morgan fingerprint density at radius 2 is 1.81 bits per heavy atom. The van der Waals surface area contributed by atoms with Crippen molar-refractivity contribution in [1.82, 2.24) is 24.5 Å². The molecule has 1 atom stereocenters. The molecule has 3 aromatic carbocycles. The summed E-state index contributed by atoms with van der Waals surface area (Å²) in [5, 5.41) is 12.6. The van der Waals surface area contributed by atoms with Crippen LogP contribution in [0.3, 0.4) is 0 Å². The van der Waals surface area contributed by atoms with Crippen LogP contribution >= 0.6 is 11.8 Å². The Kier molecular flexibility index (Phi) is 6.32. The number of carbonyl (C=O) groups is 1. The fraction of sp³-hybridized carbons (Fsp3) is 0.185. The molecule has 5 rings (SSSR count). The fourth-order valence-corrected chi connectivity index (χ4v) is 5.04. The number of carbonyl (C=O) groups excluding carboxylic acids is 1. The van der Waals surface area contributed by atoms with E-state index >= 15 is 0 Å². The number of amides is 1. The summed E-state index contributed by atoms with van der Waals surface area (Å²) < 4.78 is 16.6. The molecule has 0 bridgehead atoms. The number of hydrogen-bond donors (Lipinski definition) is 1. The van der Waals surface area contributed by atoms with E-state index in [4.69, 9.17) is 0 Å². The van der Waals surface area contributed by atoms with Crippen molar-refractivity contribution < 1.29 is 9.18 Å². The van der Waals surface area contributed by atoms with Crippen molar-refractivity contribution in [1.29, 1.82) is 0 Å². The number of benzene rings is 3. The molecule has 0 saturated carbocycles. The summed E-state index contributed by atoms with van der Waals surface area (Å²) in [5.74, 6) is -0.0320. The Labute approximate surface area is 211 Å². The first-order valence-electron chi connectivity index (χ1n) is 11.5. The number of rotatable bonds is 6. The van der Waals surface area contributed by atoms with Crippen molar-refractivity contribution in [3.63, 3.8) is 0 Å². The van der Waals surface area contributed by atoms with E-state index in [2.05, 4.69) is 15.5 Å². The van der Waals surface area contributed by atoms with E-state index < -0.39 is 0 Å². The molecule has 0 radical (unpaired) electrons. The van der Waals surface area contributed by atoms with Gasteiger partial charge in [-0.15, -0.1) is 10.2 Å². The van der Waals surface area contributed by atoms with Crippen LogP contribution in [-0.2, 0) is 4.79 Å². The van der Waals surface area contributed by atoms with Gasteiger partial charge in [0.1, 0.15) is 5.82 Å². The van der Waals surface area contributed by atoms with Gasteiger partial charge in [-0.3, -0.25) is 14.0 Å². The molecule has 0 aliphatic carbocycles. The molecule has 2 heterocycles. The molecular formula is C27H24FN5O2S. The van der Waals surface area contributed by atoms with Gasteiger partial charge in [0.15, 0.2) is 5.16 Å². The van der Waals surface area contributed by atoms with Crippen molar-refractivity contribution >= 4 is 34.3 Å². The van der Waals surface area contributed by atoms with Crippen LogP contribution in [0.15, 0.2) is 76.7 Å². The molecule has 5 aromatic rings. The molecule has 2 aromatic heterocycles. The quantitative estimate of drug-likeness (QED) is 0.340. The fourth-order valence-electron chi connectivity index (χ4n) is 4.29. The highest BCUT2D eigenvalue weighted by Gasteiger charge is 2.20. The second-order valence-corrected chi connectivity index (χ2v) is 9.64. The minimum Gasteiger partial charge on any atom is -0.349 e. The van der Waals surface area contributed by atoms with E-state index in [0.29, 0.717) is 21.8 Å². The number of nitrogens with one attached hydrogen (secondary N) is 1. The summed E-state index contributed by atoms with van der Waals surface area (Å²) in [6.45, 7) is 5.81. The van der Waals surface area contributed by atoms with E-state index in [-0.39, 0.29) is 29.1 Å². The predicted molar refractivity (Wildman–Crippen MR) is 139 cm³/mol. The number of thioether (sulfide) groups is 1. The molecule has 0 spiro atoms. The van der Waals surface area contributed by atoms with Crippen LogP contribution in [0.4, 0.5) is 4.39 Å². The second kappa shape index (κ2) is 9.58. The van der Waals surface area contributed by atoms with Crippen molar-refractivity contribution in [2.45, 2.75) is 32.0 Å². The lowest BCUT2D eigenvalue weighted by Crippen LogP contribution is -2.28. The molecule has 9 heteroatoms. The van der Waals surface area contributed by atoms with E-state index in [0.717, 1.165) is 22.4 Å². The van der Waals surface area contributed by atoms with Crippen LogP contribution in [-0.4, -0.2) is 30.8 Å². The Morgan fingerprint density at radius 3 is 2.56 bits per heavy atom. The molecule has 0 aliphatic heterocycles. The van der Waals surface area contributed by atoms with Crippen molar-refractivity contribution in [2.24, 2.45) is 0 Å². The summed E-state index contributed by atoms with van der Waals surface area (Å²) in [5.41, 5.74) is 4.08. The average Bonchev–Trinajstić information content (AvgIpc) is 3.28. The minimum atomic E-state index is -0.321. The number of fused-ring (bicyclic) bond motifs is 3. The van der Waals surface area contributed by atoms with Crippen LogP contribution < -0.4 is 10.9 Å². The molecule has 0 aliphatic rings. The Bertz CT molecular complexity index is 1660. The number of aryl methyl sites for hydroxylation is 2. The van der Waals surface area contributed by atoms with Gasteiger partial charge in [-0.2, -0.15) is 0 Å². The van der Waals surface area contributed by atoms with Crippen LogP contribution in [0.1, 0.15) is 29.7 Å². The third kappa shape index (κ3) is 4.37. The van der Waals surface area contributed by atoms with Gasteiger partial charge in [0.2, 0.25) is 11.7 Å². The topological polar surface area (TPSA) is 81.3 Å². The van der Waals surface area contributed by atoms with E-state index in [9.17, 15) is 14.0 Å². The Hall–Kier alpha value is -3.98. The molecule has 1 N–H and O–H groups in total. The number of nitrogens with zero attached hydrogens (tertiary/aromatic N) is 4. The van der Waals surface area contributed by atoms with Gasteiger partial charge in [-0.25, -0.2) is 8.96 Å². The van der Waals surface area contributed by atoms with Gasteiger partial charge in [0, 0.05) is 0 Å². The zero-order valence-electron chi connectivity index (χ0n) is 20.0. The smallest absolute Gasteiger partial charge is 0.267 e. The van der Waals surface area contributed by atoms with Gasteiger partial charge in [-0.05, 0) is 62.2 Å². The van der Waals surface area contributed by atoms with Crippen LogP contribution in [0.5, 0.6) is 0 Å². The molecule has 0 saturated heterocycles. The lowest BCUT2D eigenvalue weighted by Gasteiger charge is -2.15. The number of para-hydroxylation sites is 1. The highest BCUT2D eigenvalue weighted by atomic mass is 32.2. The van der Waals surface area contributed by atoms with E-state index in [1.165, 1.54) is 23.9 Å². The second-order valence-electron chi connectivity index (χ2n) is 8.70. The first-order valence-corrected chi connectivity index (χ1v) is 12.5.